The van der Waals surface area contributed by atoms with Crippen molar-refractivity contribution in [3.63, 3.8) is 0 Å². The third kappa shape index (κ3) is 2.91. The number of nitrogens with zero attached hydrogens (tertiary/aromatic N) is 1. The van der Waals surface area contributed by atoms with Crippen LogP contribution in [0.15, 0.2) is 52.5 Å². The van der Waals surface area contributed by atoms with Gasteiger partial charge in [0.2, 0.25) is 0 Å². The first-order valence-electron chi connectivity index (χ1n) is 5.41. The zero-order valence-corrected chi connectivity index (χ0v) is 10.4. The molecule has 0 saturated carbocycles. The summed E-state index contributed by atoms with van der Waals surface area (Å²) >= 11 is 1.52. The number of benzene rings is 1. The maximum Gasteiger partial charge on any atom is 0.151 e. The number of anilines is 1. The van der Waals surface area contributed by atoms with E-state index in [1.807, 2.05) is 43.3 Å². The molecule has 2 N–H and O–H groups in total. The highest BCUT2D eigenvalue weighted by Crippen LogP contribution is 2.35. The van der Waals surface area contributed by atoms with Crippen molar-refractivity contribution in [1.82, 2.24) is 4.98 Å². The molecule has 88 valence electrons. The van der Waals surface area contributed by atoms with Crippen LogP contribution in [0.3, 0.4) is 0 Å². The normalized spacial score (nSPS) is 10.2. The first-order chi connectivity index (χ1) is 8.31. The summed E-state index contributed by atoms with van der Waals surface area (Å²) in [4.78, 5) is 5.31. The Morgan fingerprint density at radius 2 is 2.06 bits per heavy atom. The molecule has 2 rings (SSSR count). The molecular weight excluding hydrogens is 232 g/mol. The van der Waals surface area contributed by atoms with Crippen molar-refractivity contribution < 1.29 is 4.74 Å². The second kappa shape index (κ2) is 5.59. The van der Waals surface area contributed by atoms with E-state index in [1.165, 1.54) is 11.8 Å². The molecule has 1 aromatic carbocycles. The Morgan fingerprint density at radius 3 is 2.82 bits per heavy atom. The molecule has 0 bridgehead atoms. The second-order valence-electron chi connectivity index (χ2n) is 3.38. The standard InChI is InChI=1S/C13H14N2OS/c1-2-16-11-7-5-9-15-13(11)17-12-8-4-3-6-10(12)14/h3-9H,2,14H2,1H3. The monoisotopic (exact) mass is 246 g/mol. The minimum Gasteiger partial charge on any atom is -0.491 e. The van der Waals surface area contributed by atoms with Gasteiger partial charge in [0.1, 0.15) is 5.03 Å². The highest BCUT2D eigenvalue weighted by molar-refractivity contribution is 7.99. The van der Waals surface area contributed by atoms with E-state index in [-0.39, 0.29) is 0 Å². The van der Waals surface area contributed by atoms with Gasteiger partial charge >= 0.3 is 0 Å². The Labute approximate surface area is 105 Å². The van der Waals surface area contributed by atoms with Gasteiger partial charge in [-0.2, -0.15) is 0 Å². The quantitative estimate of drug-likeness (QED) is 0.841. The molecule has 0 fully saturated rings. The number of ether oxygens (including phenoxy) is 1. The number of pyridine rings is 1. The number of hydrogen-bond acceptors (Lipinski definition) is 4. The third-order valence-electron chi connectivity index (χ3n) is 2.16. The lowest BCUT2D eigenvalue weighted by atomic mass is 10.3. The molecule has 2 aromatic rings. The number of nitrogens with two attached hydrogens (primary N) is 1. The Morgan fingerprint density at radius 1 is 1.24 bits per heavy atom. The fourth-order valence-corrected chi connectivity index (χ4v) is 2.28. The van der Waals surface area contributed by atoms with Gasteiger partial charge in [-0.15, -0.1) is 0 Å². The Balaban J connectivity index is 2.27. The minimum absolute atomic E-state index is 0.628. The first kappa shape index (κ1) is 11.8. The van der Waals surface area contributed by atoms with E-state index in [0.717, 1.165) is 21.4 Å². The van der Waals surface area contributed by atoms with Crippen LogP contribution in [0.5, 0.6) is 5.75 Å². The average Bonchev–Trinajstić information content (AvgIpc) is 2.35. The maximum atomic E-state index is 5.90. The fraction of sp³-hybridized carbons (Fsp3) is 0.154. The van der Waals surface area contributed by atoms with Crippen molar-refractivity contribution in [3.8, 4) is 5.75 Å². The molecule has 0 aliphatic carbocycles. The molecule has 4 heteroatoms. The smallest absolute Gasteiger partial charge is 0.151 e. The summed E-state index contributed by atoms with van der Waals surface area (Å²) in [5.41, 5.74) is 6.66. The molecule has 0 atom stereocenters. The first-order valence-corrected chi connectivity index (χ1v) is 6.23. The van der Waals surface area contributed by atoms with Gasteiger partial charge in [0.25, 0.3) is 0 Å². The summed E-state index contributed by atoms with van der Waals surface area (Å²) in [7, 11) is 0. The summed E-state index contributed by atoms with van der Waals surface area (Å²) in [5.74, 6) is 0.795. The van der Waals surface area contributed by atoms with Gasteiger partial charge in [0, 0.05) is 16.8 Å². The molecule has 0 aliphatic heterocycles. The topological polar surface area (TPSA) is 48.1 Å². The van der Waals surface area contributed by atoms with Crippen LogP contribution in [-0.4, -0.2) is 11.6 Å². The highest BCUT2D eigenvalue weighted by atomic mass is 32.2. The van der Waals surface area contributed by atoms with Crippen molar-refractivity contribution >= 4 is 17.4 Å². The van der Waals surface area contributed by atoms with Crippen LogP contribution in [0.4, 0.5) is 5.69 Å². The molecule has 1 heterocycles. The van der Waals surface area contributed by atoms with E-state index < -0.39 is 0 Å². The zero-order valence-electron chi connectivity index (χ0n) is 9.59. The van der Waals surface area contributed by atoms with Crippen LogP contribution in [0, 0.1) is 0 Å². The minimum atomic E-state index is 0.628. The van der Waals surface area contributed by atoms with Crippen LogP contribution in [0.2, 0.25) is 0 Å². The molecule has 0 unspecified atom stereocenters. The Kier molecular flexibility index (Phi) is 3.88. The van der Waals surface area contributed by atoms with Gasteiger partial charge in [0.15, 0.2) is 5.75 Å². The summed E-state index contributed by atoms with van der Waals surface area (Å²) in [5, 5.41) is 0.840. The molecule has 0 saturated heterocycles. The van der Waals surface area contributed by atoms with Crippen molar-refractivity contribution in [2.45, 2.75) is 16.8 Å². The van der Waals surface area contributed by atoms with Crippen LogP contribution >= 0.6 is 11.8 Å². The zero-order chi connectivity index (χ0) is 12.1. The van der Waals surface area contributed by atoms with Gasteiger partial charge in [-0.3, -0.25) is 0 Å². The van der Waals surface area contributed by atoms with Gasteiger partial charge in [0.05, 0.1) is 6.61 Å². The second-order valence-corrected chi connectivity index (χ2v) is 4.41. The number of aromatic nitrogens is 1. The predicted molar refractivity (Wildman–Crippen MR) is 70.4 cm³/mol. The van der Waals surface area contributed by atoms with Crippen molar-refractivity contribution in [2.75, 3.05) is 12.3 Å². The number of rotatable bonds is 4. The molecular formula is C13H14N2OS. The van der Waals surface area contributed by atoms with E-state index in [1.54, 1.807) is 6.20 Å². The van der Waals surface area contributed by atoms with Crippen molar-refractivity contribution in [3.05, 3.63) is 42.6 Å². The number of para-hydroxylation sites is 1. The van der Waals surface area contributed by atoms with Gasteiger partial charge in [-0.05, 0) is 31.2 Å². The summed E-state index contributed by atoms with van der Waals surface area (Å²) in [6.45, 7) is 2.59. The van der Waals surface area contributed by atoms with Crippen LogP contribution in [0.1, 0.15) is 6.92 Å². The highest BCUT2D eigenvalue weighted by Gasteiger charge is 2.07. The lowest BCUT2D eigenvalue weighted by Crippen LogP contribution is -1.95. The lowest BCUT2D eigenvalue weighted by Gasteiger charge is -2.09. The van der Waals surface area contributed by atoms with Crippen LogP contribution in [-0.2, 0) is 0 Å². The van der Waals surface area contributed by atoms with Gasteiger partial charge in [-0.1, -0.05) is 23.9 Å². The Bertz CT molecular complexity index is 502. The molecule has 1 aromatic heterocycles. The van der Waals surface area contributed by atoms with Crippen molar-refractivity contribution in [2.24, 2.45) is 0 Å². The SMILES string of the molecule is CCOc1cccnc1Sc1ccccc1N. The lowest BCUT2D eigenvalue weighted by molar-refractivity contribution is 0.329. The van der Waals surface area contributed by atoms with E-state index in [2.05, 4.69) is 4.98 Å². The van der Waals surface area contributed by atoms with E-state index in [4.69, 9.17) is 10.5 Å². The fourth-order valence-electron chi connectivity index (χ4n) is 1.40. The van der Waals surface area contributed by atoms with Gasteiger partial charge < -0.3 is 10.5 Å². The third-order valence-corrected chi connectivity index (χ3v) is 3.25. The van der Waals surface area contributed by atoms with Crippen molar-refractivity contribution in [1.29, 1.82) is 0 Å². The van der Waals surface area contributed by atoms with E-state index in [0.29, 0.717) is 6.61 Å². The predicted octanol–water partition coefficient (Wildman–Crippen LogP) is 3.21. The van der Waals surface area contributed by atoms with Crippen LogP contribution in [0.25, 0.3) is 0 Å². The summed E-state index contributed by atoms with van der Waals surface area (Å²) in [6.07, 6.45) is 1.75. The van der Waals surface area contributed by atoms with E-state index >= 15 is 0 Å². The Hall–Kier alpha value is -1.68. The van der Waals surface area contributed by atoms with Gasteiger partial charge in [-0.25, -0.2) is 4.98 Å². The van der Waals surface area contributed by atoms with Crippen LogP contribution < -0.4 is 10.5 Å². The average molecular weight is 246 g/mol. The number of hydrogen-bond donors (Lipinski definition) is 1. The largest absolute Gasteiger partial charge is 0.491 e. The molecule has 0 spiro atoms. The number of nitrogen functional groups attached to an aromatic ring is 1. The molecule has 0 amide bonds. The van der Waals surface area contributed by atoms with E-state index in [9.17, 15) is 0 Å². The summed E-state index contributed by atoms with van der Waals surface area (Å²) in [6, 6.07) is 11.5. The summed E-state index contributed by atoms with van der Waals surface area (Å²) < 4.78 is 5.52. The molecule has 0 radical (unpaired) electrons. The molecule has 17 heavy (non-hydrogen) atoms. The molecule has 3 nitrogen and oxygen atoms in total. The maximum absolute atomic E-state index is 5.90. The molecule has 0 aliphatic rings.